The number of hydrogen-bond donors (Lipinski definition) is 2. The summed E-state index contributed by atoms with van der Waals surface area (Å²) in [6.07, 6.45) is 3.17. The molecule has 19 heavy (non-hydrogen) atoms. The smallest absolute Gasteiger partial charge is 0.176 e. The number of fused-ring (bicyclic) bond motifs is 1. The molecule has 1 aliphatic rings. The summed E-state index contributed by atoms with van der Waals surface area (Å²) in [5, 5.41) is 8.47. The van der Waals surface area contributed by atoms with Crippen LogP contribution < -0.4 is 5.73 Å². The number of hydrogen-bond acceptors (Lipinski definition) is 6. The van der Waals surface area contributed by atoms with Gasteiger partial charge in [-0.3, -0.25) is 5.41 Å². The highest BCUT2D eigenvalue weighted by Crippen LogP contribution is 2.33. The van der Waals surface area contributed by atoms with Crippen molar-refractivity contribution >= 4 is 29.1 Å². The van der Waals surface area contributed by atoms with Gasteiger partial charge < -0.3 is 5.73 Å². The first-order valence-electron chi connectivity index (χ1n) is 5.99. The highest BCUT2D eigenvalue weighted by molar-refractivity contribution is 8.01. The lowest BCUT2D eigenvalue weighted by Gasteiger charge is -2.08. The summed E-state index contributed by atoms with van der Waals surface area (Å²) < 4.78 is 5.00. The van der Waals surface area contributed by atoms with Crippen molar-refractivity contribution in [3.63, 3.8) is 0 Å². The minimum atomic E-state index is 0.0611. The minimum Gasteiger partial charge on any atom is -0.384 e. The normalized spacial score (nSPS) is 13.5. The van der Waals surface area contributed by atoms with E-state index in [1.165, 1.54) is 28.9 Å². The van der Waals surface area contributed by atoms with Crippen LogP contribution in [0, 0.1) is 12.3 Å². The maximum Gasteiger partial charge on any atom is 0.176 e. The Morgan fingerprint density at radius 2 is 2.26 bits per heavy atom. The van der Waals surface area contributed by atoms with E-state index in [1.54, 1.807) is 0 Å². The molecule has 0 bridgehead atoms. The second-order valence-corrected chi connectivity index (χ2v) is 6.41. The maximum atomic E-state index is 7.70. The van der Waals surface area contributed by atoms with Crippen LogP contribution in [-0.4, -0.2) is 20.2 Å². The Kier molecular flexibility index (Phi) is 3.24. The average Bonchev–Trinajstić information content (AvgIpc) is 2.96. The molecule has 98 valence electrons. The van der Waals surface area contributed by atoms with Gasteiger partial charge in [0.25, 0.3) is 0 Å². The molecule has 1 aliphatic carbocycles. The summed E-state index contributed by atoms with van der Waals surface area (Å²) in [5.41, 5.74) is 8.73. The molecule has 0 spiro atoms. The van der Waals surface area contributed by atoms with Gasteiger partial charge in [0.15, 0.2) is 4.34 Å². The molecule has 0 saturated carbocycles. The molecule has 3 rings (SSSR count). The highest BCUT2D eigenvalue weighted by atomic mass is 32.2. The van der Waals surface area contributed by atoms with Crippen LogP contribution in [0.4, 0.5) is 0 Å². The Balaban J connectivity index is 2.01. The summed E-state index contributed by atoms with van der Waals surface area (Å²) in [6.45, 7) is 1.86. The number of pyridine rings is 1. The molecule has 2 aromatic heterocycles. The number of nitrogens with zero attached hydrogens (tertiary/aromatic N) is 3. The van der Waals surface area contributed by atoms with Crippen LogP contribution >= 0.6 is 23.3 Å². The Morgan fingerprint density at radius 3 is 2.95 bits per heavy atom. The topological polar surface area (TPSA) is 88.5 Å². The third-order valence-corrected chi connectivity index (χ3v) is 4.85. The standard InChI is InChI=1S/C12H13N5S2/c1-6-15-12(19-17-6)18-11-8(10(13)14)5-7-3-2-4-9(7)16-11/h5H,2-4H2,1H3,(H3,13,14). The number of aryl methyl sites for hydroxylation is 3. The second kappa shape index (κ2) is 4.90. The van der Waals surface area contributed by atoms with Crippen molar-refractivity contribution in [2.75, 3.05) is 0 Å². The fourth-order valence-electron chi connectivity index (χ4n) is 2.13. The first kappa shape index (κ1) is 12.6. The number of nitrogens with two attached hydrogens (primary N) is 1. The van der Waals surface area contributed by atoms with Gasteiger partial charge in [0.05, 0.1) is 0 Å². The van der Waals surface area contributed by atoms with Gasteiger partial charge in [-0.2, -0.15) is 4.37 Å². The van der Waals surface area contributed by atoms with E-state index in [0.29, 0.717) is 5.56 Å². The predicted octanol–water partition coefficient (Wildman–Crippen LogP) is 2.17. The number of aromatic nitrogens is 3. The summed E-state index contributed by atoms with van der Waals surface area (Å²) in [6, 6.07) is 2.01. The summed E-state index contributed by atoms with van der Waals surface area (Å²) in [5.74, 6) is 0.823. The number of nitrogen functional groups attached to an aromatic ring is 1. The van der Waals surface area contributed by atoms with Gasteiger partial charge in [-0.05, 0) is 61.1 Å². The molecule has 2 aromatic rings. The van der Waals surface area contributed by atoms with E-state index < -0.39 is 0 Å². The van der Waals surface area contributed by atoms with Crippen molar-refractivity contribution < 1.29 is 0 Å². The molecule has 3 N–H and O–H groups in total. The molecule has 7 heteroatoms. The van der Waals surface area contributed by atoms with Crippen LogP contribution in [0.5, 0.6) is 0 Å². The number of rotatable bonds is 3. The summed E-state index contributed by atoms with van der Waals surface area (Å²) in [7, 11) is 0. The third kappa shape index (κ3) is 2.48. The van der Waals surface area contributed by atoms with Crippen LogP contribution in [0.3, 0.4) is 0 Å². The lowest BCUT2D eigenvalue weighted by Crippen LogP contribution is -2.14. The fraction of sp³-hybridized carbons (Fsp3) is 0.333. The van der Waals surface area contributed by atoms with Gasteiger partial charge >= 0.3 is 0 Å². The van der Waals surface area contributed by atoms with Gasteiger partial charge in [-0.15, -0.1) is 0 Å². The van der Waals surface area contributed by atoms with E-state index in [1.807, 2.05) is 13.0 Å². The van der Waals surface area contributed by atoms with Gasteiger partial charge in [0.1, 0.15) is 16.7 Å². The van der Waals surface area contributed by atoms with E-state index in [0.717, 1.165) is 40.1 Å². The van der Waals surface area contributed by atoms with Crippen molar-refractivity contribution in [3.8, 4) is 0 Å². The summed E-state index contributed by atoms with van der Waals surface area (Å²) >= 11 is 2.79. The van der Waals surface area contributed by atoms with E-state index >= 15 is 0 Å². The van der Waals surface area contributed by atoms with E-state index in [2.05, 4.69) is 14.3 Å². The molecule has 0 unspecified atom stereocenters. The molecular weight excluding hydrogens is 278 g/mol. The molecule has 0 saturated heterocycles. The van der Waals surface area contributed by atoms with Gasteiger partial charge in [-0.25, -0.2) is 9.97 Å². The molecule has 0 fully saturated rings. The second-order valence-electron chi connectivity index (χ2n) is 4.42. The van der Waals surface area contributed by atoms with Crippen molar-refractivity contribution in [1.82, 2.24) is 14.3 Å². The van der Waals surface area contributed by atoms with Gasteiger partial charge in [-0.1, -0.05) is 0 Å². The third-order valence-electron chi connectivity index (χ3n) is 3.00. The zero-order valence-corrected chi connectivity index (χ0v) is 12.1. The lowest BCUT2D eigenvalue weighted by molar-refractivity contribution is 0.891. The molecule has 0 aliphatic heterocycles. The molecule has 0 amide bonds. The van der Waals surface area contributed by atoms with Crippen molar-refractivity contribution in [1.29, 1.82) is 5.41 Å². The predicted molar refractivity (Wildman–Crippen MR) is 76.0 cm³/mol. The molecule has 0 atom stereocenters. The molecule has 0 radical (unpaired) electrons. The van der Waals surface area contributed by atoms with E-state index in [9.17, 15) is 0 Å². The van der Waals surface area contributed by atoms with Crippen LogP contribution in [0.25, 0.3) is 0 Å². The summed E-state index contributed by atoms with van der Waals surface area (Å²) in [4.78, 5) is 8.98. The lowest BCUT2D eigenvalue weighted by atomic mass is 10.1. The molecule has 2 heterocycles. The van der Waals surface area contributed by atoms with Gasteiger partial charge in [0.2, 0.25) is 0 Å². The first-order valence-corrected chi connectivity index (χ1v) is 7.58. The Morgan fingerprint density at radius 1 is 1.42 bits per heavy atom. The minimum absolute atomic E-state index is 0.0611. The SMILES string of the molecule is Cc1nsc(Sc2nc3c(cc2C(=N)N)CCC3)n1. The van der Waals surface area contributed by atoms with Crippen LogP contribution in [-0.2, 0) is 12.8 Å². The quantitative estimate of drug-likeness (QED) is 0.668. The molecular formula is C12H13N5S2. The van der Waals surface area contributed by atoms with Crippen LogP contribution in [0.15, 0.2) is 15.4 Å². The molecule has 5 nitrogen and oxygen atoms in total. The van der Waals surface area contributed by atoms with E-state index in [4.69, 9.17) is 11.1 Å². The number of amidine groups is 1. The number of nitrogens with one attached hydrogen (secondary N) is 1. The van der Waals surface area contributed by atoms with Crippen LogP contribution in [0.2, 0.25) is 0 Å². The van der Waals surface area contributed by atoms with Crippen LogP contribution in [0.1, 0.15) is 29.1 Å². The first-order chi connectivity index (χ1) is 9.13. The van der Waals surface area contributed by atoms with E-state index in [-0.39, 0.29) is 5.84 Å². The Bertz CT molecular complexity index is 650. The largest absolute Gasteiger partial charge is 0.384 e. The van der Waals surface area contributed by atoms with Crippen molar-refractivity contribution in [2.45, 2.75) is 35.6 Å². The van der Waals surface area contributed by atoms with Crippen molar-refractivity contribution in [2.24, 2.45) is 5.73 Å². The fourth-order valence-corrected chi connectivity index (χ4v) is 3.83. The zero-order chi connectivity index (χ0) is 13.4. The Hall–Kier alpha value is -1.47. The van der Waals surface area contributed by atoms with Crippen molar-refractivity contribution in [3.05, 3.63) is 28.7 Å². The monoisotopic (exact) mass is 291 g/mol. The Labute approximate surface area is 119 Å². The highest BCUT2D eigenvalue weighted by Gasteiger charge is 2.19. The maximum absolute atomic E-state index is 7.70. The molecule has 0 aromatic carbocycles. The zero-order valence-electron chi connectivity index (χ0n) is 10.4. The van der Waals surface area contributed by atoms with Gasteiger partial charge in [0, 0.05) is 11.3 Å². The average molecular weight is 291 g/mol.